The fraction of sp³-hybridized carbons (Fsp3) is 0.235. The van der Waals surface area contributed by atoms with Crippen molar-refractivity contribution in [2.75, 3.05) is 0 Å². The molecule has 1 unspecified atom stereocenters. The molecule has 20 heavy (non-hydrogen) atoms. The van der Waals surface area contributed by atoms with Crippen LogP contribution in [0, 0.1) is 0 Å². The summed E-state index contributed by atoms with van der Waals surface area (Å²) in [5, 5.41) is 0.659. The molecule has 1 atom stereocenters. The molecule has 0 saturated carbocycles. The zero-order chi connectivity index (χ0) is 14.1. The van der Waals surface area contributed by atoms with Crippen LogP contribution >= 0.6 is 11.6 Å². The van der Waals surface area contributed by atoms with Gasteiger partial charge in [-0.05, 0) is 48.4 Å². The lowest BCUT2D eigenvalue weighted by Gasteiger charge is -2.05. The Labute approximate surface area is 123 Å². The van der Waals surface area contributed by atoms with Crippen LogP contribution in [0.25, 0.3) is 0 Å². The molecule has 0 aliphatic carbocycles. The smallest absolute Gasteiger partial charge is 0.167 e. The van der Waals surface area contributed by atoms with Gasteiger partial charge in [0.25, 0.3) is 0 Å². The fourth-order valence-electron chi connectivity index (χ4n) is 2.53. The van der Waals surface area contributed by atoms with Crippen LogP contribution < -0.4 is 4.74 Å². The molecule has 0 amide bonds. The number of halogens is 1. The molecular weight excluding hydrogens is 272 g/mol. The number of rotatable bonds is 3. The zero-order valence-corrected chi connectivity index (χ0v) is 12.0. The molecule has 102 valence electrons. The summed E-state index contributed by atoms with van der Waals surface area (Å²) in [7, 11) is 0. The Balaban J connectivity index is 1.80. The van der Waals surface area contributed by atoms with E-state index in [0.717, 1.165) is 28.9 Å². The summed E-state index contributed by atoms with van der Waals surface area (Å²) in [6.07, 6.45) is 1.44. The Hall–Kier alpha value is -1.80. The molecule has 1 aliphatic heterocycles. The van der Waals surface area contributed by atoms with E-state index >= 15 is 0 Å². The van der Waals surface area contributed by atoms with Crippen molar-refractivity contribution in [2.24, 2.45) is 0 Å². The standard InChI is InChI=1S/C17H15ClO2/c1-11-7-14-10-13(5-6-17(14)20-11)16(19)9-12-3-2-4-15(18)8-12/h2-6,8,10-11H,7,9H2,1H3. The molecule has 0 N–H and O–H groups in total. The van der Waals surface area contributed by atoms with E-state index in [1.54, 1.807) is 0 Å². The normalized spacial score (nSPS) is 16.6. The summed E-state index contributed by atoms with van der Waals surface area (Å²) >= 11 is 5.94. The molecular formula is C17H15ClO2. The van der Waals surface area contributed by atoms with Crippen molar-refractivity contribution >= 4 is 17.4 Å². The van der Waals surface area contributed by atoms with Gasteiger partial charge in [0.15, 0.2) is 5.78 Å². The van der Waals surface area contributed by atoms with Gasteiger partial charge in [-0.15, -0.1) is 0 Å². The summed E-state index contributed by atoms with van der Waals surface area (Å²) in [4.78, 5) is 12.3. The van der Waals surface area contributed by atoms with Crippen LogP contribution in [0.2, 0.25) is 5.02 Å². The largest absolute Gasteiger partial charge is 0.490 e. The minimum absolute atomic E-state index is 0.106. The number of carbonyl (C=O) groups excluding carboxylic acids is 1. The van der Waals surface area contributed by atoms with Gasteiger partial charge in [0, 0.05) is 23.4 Å². The van der Waals surface area contributed by atoms with E-state index < -0.39 is 0 Å². The van der Waals surface area contributed by atoms with Gasteiger partial charge < -0.3 is 4.74 Å². The average Bonchev–Trinajstić information content (AvgIpc) is 2.77. The summed E-state index contributed by atoms with van der Waals surface area (Å²) in [6.45, 7) is 2.04. The number of carbonyl (C=O) groups is 1. The van der Waals surface area contributed by atoms with Gasteiger partial charge in [-0.3, -0.25) is 4.79 Å². The van der Waals surface area contributed by atoms with Crippen LogP contribution in [0.1, 0.15) is 28.4 Å². The molecule has 2 nitrogen and oxygen atoms in total. The van der Waals surface area contributed by atoms with Crippen molar-refractivity contribution < 1.29 is 9.53 Å². The van der Waals surface area contributed by atoms with Gasteiger partial charge in [-0.1, -0.05) is 23.7 Å². The molecule has 0 radical (unpaired) electrons. The lowest BCUT2D eigenvalue weighted by Crippen LogP contribution is -2.05. The number of Topliss-reactive ketones (excluding diaryl/α,β-unsaturated/α-hetero) is 1. The van der Waals surface area contributed by atoms with E-state index in [1.807, 2.05) is 49.4 Å². The first-order chi connectivity index (χ1) is 9.61. The monoisotopic (exact) mass is 286 g/mol. The molecule has 2 aromatic carbocycles. The molecule has 3 heteroatoms. The third kappa shape index (κ3) is 2.70. The first kappa shape index (κ1) is 13.2. The quantitative estimate of drug-likeness (QED) is 0.795. The third-order valence-corrected chi connectivity index (χ3v) is 3.71. The van der Waals surface area contributed by atoms with Gasteiger partial charge >= 0.3 is 0 Å². The molecule has 0 bridgehead atoms. The number of benzene rings is 2. The summed E-state index contributed by atoms with van der Waals surface area (Å²) in [5.74, 6) is 1.01. The molecule has 0 saturated heterocycles. The minimum Gasteiger partial charge on any atom is -0.490 e. The minimum atomic E-state index is 0.106. The zero-order valence-electron chi connectivity index (χ0n) is 11.2. The van der Waals surface area contributed by atoms with Crippen molar-refractivity contribution in [2.45, 2.75) is 25.9 Å². The van der Waals surface area contributed by atoms with Crippen molar-refractivity contribution in [3.8, 4) is 5.75 Å². The Morgan fingerprint density at radius 2 is 2.15 bits per heavy atom. The lowest BCUT2D eigenvalue weighted by atomic mass is 10.00. The maximum Gasteiger partial charge on any atom is 0.167 e. The van der Waals surface area contributed by atoms with Gasteiger partial charge in [-0.2, -0.15) is 0 Å². The summed E-state index contributed by atoms with van der Waals surface area (Å²) < 4.78 is 5.65. The Morgan fingerprint density at radius 3 is 2.95 bits per heavy atom. The molecule has 2 aromatic rings. The van der Waals surface area contributed by atoms with Crippen molar-refractivity contribution in [3.63, 3.8) is 0 Å². The highest BCUT2D eigenvalue weighted by molar-refractivity contribution is 6.30. The first-order valence-electron chi connectivity index (χ1n) is 6.69. The van der Waals surface area contributed by atoms with E-state index in [1.165, 1.54) is 0 Å². The van der Waals surface area contributed by atoms with E-state index in [-0.39, 0.29) is 11.9 Å². The first-order valence-corrected chi connectivity index (χ1v) is 7.07. The summed E-state index contributed by atoms with van der Waals surface area (Å²) in [5.41, 5.74) is 2.79. The second-order valence-electron chi connectivity index (χ2n) is 5.18. The molecule has 1 aliphatic rings. The van der Waals surface area contributed by atoms with Gasteiger partial charge in [0.2, 0.25) is 0 Å². The van der Waals surface area contributed by atoms with Crippen molar-refractivity contribution in [1.29, 1.82) is 0 Å². The van der Waals surface area contributed by atoms with E-state index in [9.17, 15) is 4.79 Å². The predicted octanol–water partition coefficient (Wildman–Crippen LogP) is 4.09. The highest BCUT2D eigenvalue weighted by atomic mass is 35.5. The molecule has 0 spiro atoms. The maximum absolute atomic E-state index is 12.3. The van der Waals surface area contributed by atoms with E-state index in [2.05, 4.69) is 0 Å². The highest BCUT2D eigenvalue weighted by Crippen LogP contribution is 2.29. The van der Waals surface area contributed by atoms with Gasteiger partial charge in [0.05, 0.1) is 0 Å². The number of ketones is 1. The van der Waals surface area contributed by atoms with Crippen LogP contribution in [-0.2, 0) is 12.8 Å². The van der Waals surface area contributed by atoms with Crippen LogP contribution in [0.15, 0.2) is 42.5 Å². The molecule has 3 rings (SSSR count). The number of hydrogen-bond donors (Lipinski definition) is 0. The SMILES string of the molecule is CC1Cc2cc(C(=O)Cc3cccc(Cl)c3)ccc2O1. The van der Waals surface area contributed by atoms with Gasteiger partial charge in [0.1, 0.15) is 11.9 Å². The Bertz CT molecular complexity index is 664. The second kappa shape index (κ2) is 5.29. The molecule has 1 heterocycles. The van der Waals surface area contributed by atoms with Crippen LogP contribution in [0.5, 0.6) is 5.75 Å². The van der Waals surface area contributed by atoms with E-state index in [0.29, 0.717) is 11.4 Å². The van der Waals surface area contributed by atoms with Crippen molar-refractivity contribution in [3.05, 3.63) is 64.2 Å². The topological polar surface area (TPSA) is 26.3 Å². The lowest BCUT2D eigenvalue weighted by molar-refractivity contribution is 0.0993. The number of hydrogen-bond acceptors (Lipinski definition) is 2. The van der Waals surface area contributed by atoms with Crippen LogP contribution in [0.3, 0.4) is 0 Å². The fourth-order valence-corrected chi connectivity index (χ4v) is 2.74. The predicted molar refractivity (Wildman–Crippen MR) is 79.7 cm³/mol. The second-order valence-corrected chi connectivity index (χ2v) is 5.62. The Kier molecular flexibility index (Phi) is 3.49. The molecule has 0 fully saturated rings. The van der Waals surface area contributed by atoms with Crippen molar-refractivity contribution in [1.82, 2.24) is 0 Å². The Morgan fingerprint density at radius 1 is 1.30 bits per heavy atom. The van der Waals surface area contributed by atoms with Crippen LogP contribution in [-0.4, -0.2) is 11.9 Å². The summed E-state index contributed by atoms with van der Waals surface area (Å²) in [6, 6.07) is 13.1. The average molecular weight is 287 g/mol. The number of fused-ring (bicyclic) bond motifs is 1. The van der Waals surface area contributed by atoms with Gasteiger partial charge in [-0.25, -0.2) is 0 Å². The highest BCUT2D eigenvalue weighted by Gasteiger charge is 2.20. The maximum atomic E-state index is 12.3. The van der Waals surface area contributed by atoms with Crippen LogP contribution in [0.4, 0.5) is 0 Å². The molecule has 0 aromatic heterocycles. The number of ether oxygens (including phenoxy) is 1. The van der Waals surface area contributed by atoms with E-state index in [4.69, 9.17) is 16.3 Å². The third-order valence-electron chi connectivity index (χ3n) is 3.47.